The Balaban J connectivity index is 1.51. The Morgan fingerprint density at radius 1 is 0.821 bits per heavy atom. The van der Waals surface area contributed by atoms with Gasteiger partial charge in [-0.15, -0.1) is 0 Å². The van der Waals surface area contributed by atoms with E-state index in [9.17, 15) is 9.59 Å². The van der Waals surface area contributed by atoms with Crippen molar-refractivity contribution in [3.63, 3.8) is 0 Å². The van der Waals surface area contributed by atoms with E-state index in [1.165, 1.54) is 16.7 Å². The summed E-state index contributed by atoms with van der Waals surface area (Å²) in [6, 6.07) is 19.7. The van der Waals surface area contributed by atoms with Crippen molar-refractivity contribution in [2.24, 2.45) is 5.92 Å². The lowest BCUT2D eigenvalue weighted by molar-refractivity contribution is -0.119. The Bertz CT molecular complexity index is 860. The van der Waals surface area contributed by atoms with Crippen molar-refractivity contribution in [3.8, 4) is 0 Å². The predicted molar refractivity (Wildman–Crippen MR) is 115 cm³/mol. The topological polar surface area (TPSA) is 34.1 Å². The van der Waals surface area contributed by atoms with Crippen LogP contribution in [0.5, 0.6) is 0 Å². The van der Waals surface area contributed by atoms with Gasteiger partial charge in [0.25, 0.3) is 0 Å². The number of Topliss-reactive ketones (excluding diaryl/α,β-unsaturated/α-hetero) is 2. The third kappa shape index (κ3) is 5.16. The van der Waals surface area contributed by atoms with Crippen LogP contribution in [0.1, 0.15) is 61.4 Å². The fraction of sp³-hybridized carbons (Fsp3) is 0.308. The molecule has 0 fully saturated rings. The first-order valence-corrected chi connectivity index (χ1v) is 10.2. The Morgan fingerprint density at radius 3 is 2.18 bits per heavy atom. The lowest BCUT2D eigenvalue weighted by Crippen LogP contribution is -2.08. The number of benzene rings is 2. The van der Waals surface area contributed by atoms with Gasteiger partial charge in [-0.3, -0.25) is 9.59 Å². The summed E-state index contributed by atoms with van der Waals surface area (Å²) in [5.74, 6) is 0.630. The van der Waals surface area contributed by atoms with Crippen molar-refractivity contribution >= 4 is 17.1 Å². The summed E-state index contributed by atoms with van der Waals surface area (Å²) in [4.78, 5) is 24.5. The average Bonchev–Trinajstić information content (AvgIpc) is 3.14. The summed E-state index contributed by atoms with van der Waals surface area (Å²) < 4.78 is 0. The third-order valence-electron chi connectivity index (χ3n) is 5.40. The molecule has 0 aliphatic heterocycles. The van der Waals surface area contributed by atoms with Crippen LogP contribution in [-0.4, -0.2) is 11.6 Å². The van der Waals surface area contributed by atoms with Crippen LogP contribution in [0.3, 0.4) is 0 Å². The first-order chi connectivity index (χ1) is 13.7. The van der Waals surface area contributed by atoms with Gasteiger partial charge >= 0.3 is 0 Å². The number of allylic oxidation sites excluding steroid dienone is 4. The molecule has 1 aliphatic rings. The molecule has 0 spiro atoms. The van der Waals surface area contributed by atoms with Crippen molar-refractivity contribution in [3.05, 3.63) is 89.5 Å². The van der Waals surface area contributed by atoms with Crippen molar-refractivity contribution in [1.29, 1.82) is 0 Å². The van der Waals surface area contributed by atoms with Crippen LogP contribution in [0, 0.1) is 5.92 Å². The predicted octanol–water partition coefficient (Wildman–Crippen LogP) is 6.44. The van der Waals surface area contributed by atoms with Crippen LogP contribution >= 0.6 is 0 Å². The highest BCUT2D eigenvalue weighted by molar-refractivity contribution is 5.98. The molecule has 3 rings (SSSR count). The summed E-state index contributed by atoms with van der Waals surface area (Å²) in [5, 5.41) is 0. The van der Waals surface area contributed by atoms with Gasteiger partial charge in [-0.05, 0) is 24.0 Å². The zero-order chi connectivity index (χ0) is 19.8. The zero-order valence-corrected chi connectivity index (χ0v) is 16.6. The van der Waals surface area contributed by atoms with E-state index < -0.39 is 0 Å². The van der Waals surface area contributed by atoms with Gasteiger partial charge in [0.05, 0.1) is 0 Å². The zero-order valence-electron chi connectivity index (χ0n) is 16.6. The van der Waals surface area contributed by atoms with Gasteiger partial charge in [0.2, 0.25) is 0 Å². The maximum atomic E-state index is 12.4. The summed E-state index contributed by atoms with van der Waals surface area (Å²) in [6.45, 7) is 2.21. The molecule has 1 unspecified atom stereocenters. The van der Waals surface area contributed by atoms with Crippen LogP contribution in [0.25, 0.3) is 5.57 Å². The van der Waals surface area contributed by atoms with Gasteiger partial charge in [0, 0.05) is 30.7 Å². The van der Waals surface area contributed by atoms with E-state index in [1.807, 2.05) is 36.4 Å². The third-order valence-corrected chi connectivity index (χ3v) is 5.40. The smallest absolute Gasteiger partial charge is 0.163 e. The fourth-order valence-corrected chi connectivity index (χ4v) is 3.87. The lowest BCUT2D eigenvalue weighted by Gasteiger charge is -2.19. The van der Waals surface area contributed by atoms with Crippen LogP contribution in [0.2, 0.25) is 0 Å². The average molecular weight is 373 g/mol. The van der Waals surface area contributed by atoms with Crippen LogP contribution in [0.4, 0.5) is 0 Å². The van der Waals surface area contributed by atoms with Gasteiger partial charge in [-0.2, -0.15) is 0 Å². The van der Waals surface area contributed by atoms with E-state index in [1.54, 1.807) is 0 Å². The molecular weight excluding hydrogens is 344 g/mol. The number of rotatable bonds is 10. The molecule has 2 heteroatoms. The summed E-state index contributed by atoms with van der Waals surface area (Å²) in [7, 11) is 0. The largest absolute Gasteiger partial charge is 0.300 e. The monoisotopic (exact) mass is 372 g/mol. The first-order valence-electron chi connectivity index (χ1n) is 10.2. The van der Waals surface area contributed by atoms with E-state index in [2.05, 4.69) is 43.3 Å². The molecule has 1 aliphatic carbocycles. The Kier molecular flexibility index (Phi) is 7.13. The lowest BCUT2D eigenvalue weighted by atomic mass is 9.85. The van der Waals surface area contributed by atoms with E-state index >= 15 is 0 Å². The molecule has 1 atom stereocenters. The fourth-order valence-electron chi connectivity index (χ4n) is 3.87. The Hall–Kier alpha value is -2.74. The molecule has 0 bridgehead atoms. The van der Waals surface area contributed by atoms with E-state index in [4.69, 9.17) is 0 Å². The highest BCUT2D eigenvalue weighted by Gasteiger charge is 2.23. The molecule has 0 saturated carbocycles. The molecule has 0 aromatic heterocycles. The molecule has 144 valence electrons. The van der Waals surface area contributed by atoms with Crippen LogP contribution in [0.15, 0.2) is 78.4 Å². The molecule has 2 aromatic carbocycles. The Labute approximate surface area is 168 Å². The molecule has 0 radical (unpaired) electrons. The molecule has 2 aromatic rings. The summed E-state index contributed by atoms with van der Waals surface area (Å²) in [6.07, 6.45) is 8.57. The number of carbonyl (C=O) groups excluding carboxylic acids is 2. The van der Waals surface area contributed by atoms with Crippen molar-refractivity contribution < 1.29 is 9.59 Å². The maximum absolute atomic E-state index is 12.4. The van der Waals surface area contributed by atoms with Crippen molar-refractivity contribution in [2.45, 2.75) is 45.4 Å². The van der Waals surface area contributed by atoms with Crippen LogP contribution in [-0.2, 0) is 4.79 Å². The highest BCUT2D eigenvalue weighted by Crippen LogP contribution is 2.39. The Morgan fingerprint density at radius 2 is 1.50 bits per heavy atom. The molecule has 0 saturated heterocycles. The summed E-state index contributed by atoms with van der Waals surface area (Å²) >= 11 is 0. The number of ketones is 2. The second-order valence-electron chi connectivity index (χ2n) is 7.40. The second-order valence-corrected chi connectivity index (χ2v) is 7.40. The molecule has 0 amide bonds. The van der Waals surface area contributed by atoms with Gasteiger partial charge in [-0.25, -0.2) is 0 Å². The van der Waals surface area contributed by atoms with Crippen molar-refractivity contribution in [2.75, 3.05) is 0 Å². The molecule has 28 heavy (non-hydrogen) atoms. The summed E-state index contributed by atoms with van der Waals surface area (Å²) in [5.41, 5.74) is 4.67. The SMILES string of the molecule is CCCC1C(CCC(=O)CCC(=O)c2ccccc2)=CC=C1c1ccccc1. The maximum Gasteiger partial charge on any atom is 0.163 e. The van der Waals surface area contributed by atoms with E-state index in [0.717, 1.165) is 19.3 Å². The normalized spacial score (nSPS) is 15.8. The minimum absolute atomic E-state index is 0.0471. The highest BCUT2D eigenvalue weighted by atomic mass is 16.1. The molecule has 0 N–H and O–H groups in total. The minimum Gasteiger partial charge on any atom is -0.300 e. The van der Waals surface area contributed by atoms with Gasteiger partial charge in [-0.1, -0.05) is 91.7 Å². The van der Waals surface area contributed by atoms with Crippen molar-refractivity contribution in [1.82, 2.24) is 0 Å². The van der Waals surface area contributed by atoms with E-state index in [-0.39, 0.29) is 11.6 Å². The quantitative estimate of drug-likeness (QED) is 0.450. The van der Waals surface area contributed by atoms with Crippen LogP contribution < -0.4 is 0 Å². The van der Waals surface area contributed by atoms with Gasteiger partial charge < -0.3 is 0 Å². The standard InChI is InChI=1S/C26H28O2/c1-2-9-24-21(15-18-25(24)20-10-5-3-6-11-20)14-16-23(27)17-19-26(28)22-12-7-4-8-13-22/h3-8,10-13,15,18,24H,2,9,14,16-17,19H2,1H3. The van der Waals surface area contributed by atoms with Gasteiger partial charge in [0.15, 0.2) is 5.78 Å². The molecular formula is C26H28O2. The number of hydrogen-bond acceptors (Lipinski definition) is 2. The number of carbonyl (C=O) groups is 2. The minimum atomic E-state index is 0.0471. The molecule has 0 heterocycles. The van der Waals surface area contributed by atoms with Gasteiger partial charge in [0.1, 0.15) is 5.78 Å². The molecule has 2 nitrogen and oxygen atoms in total. The second kappa shape index (κ2) is 9.98. The first kappa shape index (κ1) is 20.0. The number of hydrogen-bond donors (Lipinski definition) is 0. The van der Waals surface area contributed by atoms with E-state index in [0.29, 0.717) is 30.7 Å².